The highest BCUT2D eigenvalue weighted by Crippen LogP contribution is 2.42. The number of carbonyl (C=O) groups is 1. The first-order valence-corrected chi connectivity index (χ1v) is 10.6. The molecule has 0 atom stereocenters. The third kappa shape index (κ3) is 3.97. The number of thiazole rings is 1. The Balaban J connectivity index is 1.45. The van der Waals surface area contributed by atoms with E-state index in [0.717, 1.165) is 38.3 Å². The first-order valence-electron chi connectivity index (χ1n) is 9.74. The van der Waals surface area contributed by atoms with Gasteiger partial charge < -0.3 is 14.7 Å². The molecule has 0 unspecified atom stereocenters. The first kappa shape index (κ1) is 19.2. The summed E-state index contributed by atoms with van der Waals surface area (Å²) >= 11 is 1.52. The molecule has 1 N–H and O–H groups in total. The normalized spacial score (nSPS) is 13.6. The fourth-order valence-corrected chi connectivity index (χ4v) is 4.43. The van der Waals surface area contributed by atoms with Crippen molar-refractivity contribution in [2.24, 2.45) is 5.92 Å². The van der Waals surface area contributed by atoms with Crippen molar-refractivity contribution < 1.29 is 14.6 Å². The van der Waals surface area contributed by atoms with Crippen molar-refractivity contribution in [3.05, 3.63) is 73.3 Å². The summed E-state index contributed by atoms with van der Waals surface area (Å²) in [7, 11) is 0. The highest BCUT2D eigenvalue weighted by molar-refractivity contribution is 7.19. The highest BCUT2D eigenvalue weighted by atomic mass is 32.1. The van der Waals surface area contributed by atoms with Gasteiger partial charge in [0.25, 0.3) is 0 Å². The van der Waals surface area contributed by atoms with Crippen LogP contribution >= 0.6 is 11.3 Å². The molecule has 0 radical (unpaired) electrons. The second-order valence-electron chi connectivity index (χ2n) is 7.18. The third-order valence-electron chi connectivity index (χ3n) is 5.05. The van der Waals surface area contributed by atoms with E-state index in [1.54, 1.807) is 12.4 Å². The van der Waals surface area contributed by atoms with E-state index in [-0.39, 0.29) is 5.92 Å². The lowest BCUT2D eigenvalue weighted by molar-refractivity contribution is -0.142. The summed E-state index contributed by atoms with van der Waals surface area (Å²) in [5.41, 5.74) is 2.64. The van der Waals surface area contributed by atoms with Gasteiger partial charge in [0.15, 0.2) is 5.13 Å². The summed E-state index contributed by atoms with van der Waals surface area (Å²) in [5, 5.41) is 9.98. The smallest absolute Gasteiger partial charge is 0.310 e. The number of ether oxygens (including phenoxy) is 1. The van der Waals surface area contributed by atoms with E-state index in [1.165, 1.54) is 17.7 Å². The number of benzene rings is 2. The number of aromatic nitrogens is 3. The standard InChI is InChI=1S/C23H18N4O3S/c28-22(29)17-12-27(13-17)23-26-20(21(31-23)16-10-24-14-25-11-16)15-6-8-19(9-7-15)30-18-4-2-1-3-5-18/h1-11,14,17H,12-13H2,(H,28,29). The van der Waals surface area contributed by atoms with Crippen molar-refractivity contribution in [1.29, 1.82) is 0 Å². The Kier molecular flexibility index (Phi) is 5.05. The van der Waals surface area contributed by atoms with Gasteiger partial charge in [0.1, 0.15) is 17.8 Å². The molecule has 0 saturated carbocycles. The fraction of sp³-hybridized carbons (Fsp3) is 0.130. The Hall–Kier alpha value is -3.78. The molecule has 5 rings (SSSR count). The molecule has 4 aromatic rings. The van der Waals surface area contributed by atoms with Crippen molar-refractivity contribution in [3.8, 4) is 33.2 Å². The molecular weight excluding hydrogens is 412 g/mol. The average molecular weight is 430 g/mol. The maximum absolute atomic E-state index is 11.2. The highest BCUT2D eigenvalue weighted by Gasteiger charge is 2.35. The van der Waals surface area contributed by atoms with Crippen molar-refractivity contribution in [1.82, 2.24) is 15.0 Å². The number of carboxylic acids is 1. The molecule has 1 fully saturated rings. The van der Waals surface area contributed by atoms with Crippen LogP contribution in [0.25, 0.3) is 21.7 Å². The van der Waals surface area contributed by atoms with Gasteiger partial charge in [-0.2, -0.15) is 0 Å². The van der Waals surface area contributed by atoms with Crippen molar-refractivity contribution in [2.45, 2.75) is 0 Å². The number of nitrogens with zero attached hydrogens (tertiary/aromatic N) is 4. The second kappa shape index (κ2) is 8.16. The number of anilines is 1. The Bertz CT molecular complexity index is 1190. The van der Waals surface area contributed by atoms with E-state index >= 15 is 0 Å². The average Bonchev–Trinajstić information content (AvgIpc) is 3.19. The largest absolute Gasteiger partial charge is 0.481 e. The number of para-hydroxylation sites is 1. The van der Waals surface area contributed by atoms with Crippen LogP contribution < -0.4 is 9.64 Å². The minimum Gasteiger partial charge on any atom is -0.481 e. The van der Waals surface area contributed by atoms with E-state index in [4.69, 9.17) is 9.72 Å². The van der Waals surface area contributed by atoms with Crippen LogP contribution in [-0.4, -0.2) is 39.1 Å². The second-order valence-corrected chi connectivity index (χ2v) is 8.16. The molecule has 2 aromatic carbocycles. The predicted octanol–water partition coefficient (Wildman–Crippen LogP) is 4.58. The molecule has 1 saturated heterocycles. The molecule has 0 amide bonds. The fourth-order valence-electron chi connectivity index (χ4n) is 3.35. The van der Waals surface area contributed by atoms with Crippen LogP contribution in [-0.2, 0) is 4.79 Å². The van der Waals surface area contributed by atoms with Crippen LogP contribution in [0.3, 0.4) is 0 Å². The molecule has 31 heavy (non-hydrogen) atoms. The molecular formula is C23H18N4O3S. The maximum Gasteiger partial charge on any atom is 0.310 e. The van der Waals surface area contributed by atoms with Crippen molar-refractivity contribution in [2.75, 3.05) is 18.0 Å². The van der Waals surface area contributed by atoms with Crippen molar-refractivity contribution in [3.63, 3.8) is 0 Å². The Labute approximate surface area is 182 Å². The van der Waals surface area contributed by atoms with Crippen LogP contribution in [0.5, 0.6) is 11.5 Å². The molecule has 3 heterocycles. The third-order valence-corrected chi connectivity index (χ3v) is 6.21. The summed E-state index contributed by atoms with van der Waals surface area (Å²) in [6.45, 7) is 0.938. The summed E-state index contributed by atoms with van der Waals surface area (Å²) in [6, 6.07) is 17.4. The zero-order valence-electron chi connectivity index (χ0n) is 16.4. The number of hydrogen-bond donors (Lipinski definition) is 1. The van der Waals surface area contributed by atoms with Gasteiger partial charge in [-0.1, -0.05) is 29.5 Å². The molecule has 2 aromatic heterocycles. The van der Waals surface area contributed by atoms with E-state index in [0.29, 0.717) is 13.1 Å². The van der Waals surface area contributed by atoms with Gasteiger partial charge in [0, 0.05) is 36.6 Å². The van der Waals surface area contributed by atoms with Gasteiger partial charge in [-0.3, -0.25) is 4.79 Å². The first-order chi connectivity index (χ1) is 15.2. The molecule has 8 heteroatoms. The molecule has 1 aliphatic heterocycles. The van der Waals surface area contributed by atoms with Gasteiger partial charge >= 0.3 is 5.97 Å². The zero-order chi connectivity index (χ0) is 21.2. The van der Waals surface area contributed by atoms with E-state index in [2.05, 4.69) is 9.97 Å². The minimum atomic E-state index is -0.765. The molecule has 0 aliphatic carbocycles. The quantitative estimate of drug-likeness (QED) is 0.479. The Morgan fingerprint density at radius 2 is 1.65 bits per heavy atom. The number of aliphatic carboxylic acids is 1. The lowest BCUT2D eigenvalue weighted by Gasteiger charge is -2.36. The lowest BCUT2D eigenvalue weighted by atomic mass is 10.0. The summed E-state index contributed by atoms with van der Waals surface area (Å²) in [4.78, 5) is 27.2. The van der Waals surface area contributed by atoms with Gasteiger partial charge in [-0.05, 0) is 36.4 Å². The summed E-state index contributed by atoms with van der Waals surface area (Å²) in [5.74, 6) is 0.408. The lowest BCUT2D eigenvalue weighted by Crippen LogP contribution is -2.50. The molecule has 154 valence electrons. The molecule has 0 bridgehead atoms. The van der Waals surface area contributed by atoms with E-state index in [1.807, 2.05) is 59.5 Å². The van der Waals surface area contributed by atoms with E-state index < -0.39 is 5.97 Å². The van der Waals surface area contributed by atoms with Crippen molar-refractivity contribution >= 4 is 22.4 Å². The number of hydrogen-bond acceptors (Lipinski definition) is 7. The van der Waals surface area contributed by atoms with Crippen LogP contribution in [0.2, 0.25) is 0 Å². The topological polar surface area (TPSA) is 88.4 Å². The van der Waals surface area contributed by atoms with Crippen LogP contribution in [0.15, 0.2) is 73.3 Å². The van der Waals surface area contributed by atoms with Gasteiger partial charge in [-0.25, -0.2) is 15.0 Å². The number of rotatable bonds is 6. The summed E-state index contributed by atoms with van der Waals surface area (Å²) in [6.07, 6.45) is 5.02. The van der Waals surface area contributed by atoms with E-state index in [9.17, 15) is 9.90 Å². The van der Waals surface area contributed by atoms with Gasteiger partial charge in [0.05, 0.1) is 16.5 Å². The minimum absolute atomic E-state index is 0.342. The molecule has 7 nitrogen and oxygen atoms in total. The predicted molar refractivity (Wildman–Crippen MR) is 118 cm³/mol. The Morgan fingerprint density at radius 3 is 2.32 bits per heavy atom. The van der Waals surface area contributed by atoms with Gasteiger partial charge in [0.2, 0.25) is 0 Å². The zero-order valence-corrected chi connectivity index (χ0v) is 17.2. The number of carboxylic acid groups (broad SMARTS) is 1. The SMILES string of the molecule is O=C(O)C1CN(c2nc(-c3ccc(Oc4ccccc4)cc3)c(-c3cncnc3)s2)C1. The summed E-state index contributed by atoms with van der Waals surface area (Å²) < 4.78 is 5.89. The Morgan fingerprint density at radius 1 is 0.968 bits per heavy atom. The van der Waals surface area contributed by atoms with Crippen LogP contribution in [0.1, 0.15) is 0 Å². The van der Waals surface area contributed by atoms with Crippen LogP contribution in [0, 0.1) is 5.92 Å². The molecule has 1 aliphatic rings. The molecule has 0 spiro atoms. The monoisotopic (exact) mass is 430 g/mol. The van der Waals surface area contributed by atoms with Crippen LogP contribution in [0.4, 0.5) is 5.13 Å². The maximum atomic E-state index is 11.2. The van der Waals surface area contributed by atoms with Gasteiger partial charge in [-0.15, -0.1) is 0 Å².